The molecule has 2 amide bonds. The average molecular weight is 516 g/mol. The molecule has 0 saturated heterocycles. The summed E-state index contributed by atoms with van der Waals surface area (Å²) in [4.78, 5) is 29.1. The van der Waals surface area contributed by atoms with Gasteiger partial charge in [-0.15, -0.1) is 5.10 Å². The highest BCUT2D eigenvalue weighted by atomic mass is 19.1. The van der Waals surface area contributed by atoms with E-state index >= 15 is 0 Å². The summed E-state index contributed by atoms with van der Waals surface area (Å²) in [7, 11) is 0. The van der Waals surface area contributed by atoms with E-state index in [2.05, 4.69) is 29.5 Å². The van der Waals surface area contributed by atoms with Crippen molar-refractivity contribution in [1.82, 2.24) is 25.2 Å². The van der Waals surface area contributed by atoms with Gasteiger partial charge in [0, 0.05) is 13.1 Å². The SMILES string of the molecule is Cc1ccccc1CCN(C(=O)Cn1nnc2ccccc21)[C@H](C(=O)NCCC(C)C)c1ccc(F)cc1. The summed E-state index contributed by atoms with van der Waals surface area (Å²) < 4.78 is 15.4. The van der Waals surface area contributed by atoms with Crippen LogP contribution >= 0.6 is 0 Å². The van der Waals surface area contributed by atoms with Gasteiger partial charge >= 0.3 is 0 Å². The number of benzene rings is 3. The second-order valence-corrected chi connectivity index (χ2v) is 9.93. The molecule has 0 aliphatic carbocycles. The molecule has 0 saturated carbocycles. The zero-order chi connectivity index (χ0) is 27.1. The van der Waals surface area contributed by atoms with Gasteiger partial charge in [-0.2, -0.15) is 0 Å². The smallest absolute Gasteiger partial charge is 0.247 e. The number of fused-ring (bicyclic) bond motifs is 1. The van der Waals surface area contributed by atoms with E-state index in [4.69, 9.17) is 0 Å². The molecule has 38 heavy (non-hydrogen) atoms. The third-order valence-corrected chi connectivity index (χ3v) is 6.68. The van der Waals surface area contributed by atoms with Gasteiger partial charge in [-0.25, -0.2) is 9.07 Å². The molecule has 1 N–H and O–H groups in total. The number of amides is 2. The molecule has 1 aromatic heterocycles. The summed E-state index contributed by atoms with van der Waals surface area (Å²) in [5, 5.41) is 11.3. The van der Waals surface area contributed by atoms with Crippen LogP contribution in [0.2, 0.25) is 0 Å². The van der Waals surface area contributed by atoms with Crippen molar-refractivity contribution in [3.05, 3.63) is 95.3 Å². The zero-order valence-electron chi connectivity index (χ0n) is 22.1. The first kappa shape index (κ1) is 27.0. The van der Waals surface area contributed by atoms with E-state index in [1.807, 2.05) is 55.5 Å². The predicted molar refractivity (Wildman–Crippen MR) is 146 cm³/mol. The number of aryl methyl sites for hydroxylation is 1. The Balaban J connectivity index is 1.68. The molecule has 0 bridgehead atoms. The zero-order valence-corrected chi connectivity index (χ0v) is 22.1. The first-order chi connectivity index (χ1) is 18.3. The predicted octanol–water partition coefficient (Wildman–Crippen LogP) is 4.85. The standard InChI is InChI=1S/C30H34FN5O2/c1-21(2)16-18-32-30(38)29(24-12-14-25(31)15-13-24)35(19-17-23-9-5-4-8-22(23)3)28(37)20-36-27-11-7-6-10-26(27)33-34-36/h4-15,21,29H,16-20H2,1-3H3,(H,32,38)/t29-/m0/s1. The van der Waals surface area contributed by atoms with Crippen molar-refractivity contribution in [1.29, 1.82) is 0 Å². The summed E-state index contributed by atoms with van der Waals surface area (Å²) in [6, 6.07) is 20.3. The molecule has 4 aromatic rings. The molecule has 198 valence electrons. The topological polar surface area (TPSA) is 80.1 Å². The van der Waals surface area contributed by atoms with Crippen LogP contribution in [0.15, 0.2) is 72.8 Å². The third-order valence-electron chi connectivity index (χ3n) is 6.68. The summed E-state index contributed by atoms with van der Waals surface area (Å²) >= 11 is 0. The number of nitrogens with zero attached hydrogens (tertiary/aromatic N) is 4. The van der Waals surface area contributed by atoms with Crippen LogP contribution in [0.3, 0.4) is 0 Å². The maximum Gasteiger partial charge on any atom is 0.247 e. The Kier molecular flexibility index (Phi) is 8.84. The van der Waals surface area contributed by atoms with Gasteiger partial charge in [0.15, 0.2) is 0 Å². The van der Waals surface area contributed by atoms with E-state index in [9.17, 15) is 14.0 Å². The van der Waals surface area contributed by atoms with Crippen LogP contribution in [-0.4, -0.2) is 44.8 Å². The van der Waals surface area contributed by atoms with E-state index in [-0.39, 0.29) is 18.4 Å². The van der Waals surface area contributed by atoms with Crippen molar-refractivity contribution in [2.24, 2.45) is 5.92 Å². The first-order valence-corrected chi connectivity index (χ1v) is 13.0. The van der Waals surface area contributed by atoms with Gasteiger partial charge in [-0.1, -0.05) is 67.6 Å². The van der Waals surface area contributed by atoms with E-state index < -0.39 is 11.9 Å². The molecule has 4 rings (SSSR count). The minimum atomic E-state index is -0.922. The summed E-state index contributed by atoms with van der Waals surface area (Å²) in [5.74, 6) is -0.556. The lowest BCUT2D eigenvalue weighted by Crippen LogP contribution is -2.46. The Morgan fingerprint density at radius 1 is 1.00 bits per heavy atom. The van der Waals surface area contributed by atoms with Crippen molar-refractivity contribution >= 4 is 22.8 Å². The van der Waals surface area contributed by atoms with Gasteiger partial charge in [0.25, 0.3) is 0 Å². The Labute approximate surface area is 222 Å². The van der Waals surface area contributed by atoms with Gasteiger partial charge in [0.1, 0.15) is 23.9 Å². The van der Waals surface area contributed by atoms with Crippen molar-refractivity contribution in [2.45, 2.75) is 46.2 Å². The molecule has 0 radical (unpaired) electrons. The molecule has 0 spiro atoms. The second kappa shape index (κ2) is 12.4. The summed E-state index contributed by atoms with van der Waals surface area (Å²) in [5.41, 5.74) is 4.18. The van der Waals surface area contributed by atoms with Crippen molar-refractivity contribution < 1.29 is 14.0 Å². The number of nitrogens with one attached hydrogen (secondary N) is 1. The lowest BCUT2D eigenvalue weighted by molar-refractivity contribution is -0.141. The Bertz CT molecular complexity index is 1380. The van der Waals surface area contributed by atoms with E-state index in [1.54, 1.807) is 21.7 Å². The Hall–Kier alpha value is -4.07. The molecule has 0 unspecified atom stereocenters. The number of rotatable bonds is 11. The highest BCUT2D eigenvalue weighted by Crippen LogP contribution is 2.24. The van der Waals surface area contributed by atoms with Crippen LogP contribution in [0.4, 0.5) is 4.39 Å². The Morgan fingerprint density at radius 2 is 1.71 bits per heavy atom. The fraction of sp³-hybridized carbons (Fsp3) is 0.333. The molecule has 0 aliphatic heterocycles. The summed E-state index contributed by atoms with van der Waals surface area (Å²) in [6.45, 7) is 6.91. The van der Waals surface area contributed by atoms with Gasteiger partial charge in [0.05, 0.1) is 5.52 Å². The molecular weight excluding hydrogens is 481 g/mol. The monoisotopic (exact) mass is 515 g/mol. The molecular formula is C30H34FN5O2. The van der Waals surface area contributed by atoms with Crippen LogP contribution in [-0.2, 0) is 22.6 Å². The first-order valence-electron chi connectivity index (χ1n) is 13.0. The van der Waals surface area contributed by atoms with Crippen molar-refractivity contribution in [3.8, 4) is 0 Å². The largest absolute Gasteiger partial charge is 0.354 e. The van der Waals surface area contributed by atoms with E-state index in [0.29, 0.717) is 36.5 Å². The minimum absolute atomic E-state index is 0.0781. The molecule has 7 nitrogen and oxygen atoms in total. The second-order valence-electron chi connectivity index (χ2n) is 9.93. The normalized spacial score (nSPS) is 12.0. The average Bonchev–Trinajstić information content (AvgIpc) is 3.30. The number of halogens is 1. The minimum Gasteiger partial charge on any atom is -0.354 e. The number of hydrogen-bond acceptors (Lipinski definition) is 4. The van der Waals surface area contributed by atoms with Gasteiger partial charge in [0.2, 0.25) is 11.8 Å². The molecule has 0 fully saturated rings. The quantitative estimate of drug-likeness (QED) is 0.310. The fourth-order valence-corrected chi connectivity index (χ4v) is 4.48. The molecule has 1 atom stereocenters. The fourth-order valence-electron chi connectivity index (χ4n) is 4.48. The van der Waals surface area contributed by atoms with Crippen LogP contribution in [0, 0.1) is 18.7 Å². The number of para-hydroxylation sites is 1. The van der Waals surface area contributed by atoms with Crippen molar-refractivity contribution in [2.75, 3.05) is 13.1 Å². The highest BCUT2D eigenvalue weighted by Gasteiger charge is 2.32. The Morgan fingerprint density at radius 3 is 2.45 bits per heavy atom. The highest BCUT2D eigenvalue weighted by molar-refractivity contribution is 5.89. The van der Waals surface area contributed by atoms with Crippen LogP contribution in [0.25, 0.3) is 11.0 Å². The van der Waals surface area contributed by atoms with Crippen molar-refractivity contribution in [3.63, 3.8) is 0 Å². The number of carbonyl (C=O) groups is 2. The molecule has 8 heteroatoms. The van der Waals surface area contributed by atoms with E-state index in [0.717, 1.165) is 23.1 Å². The summed E-state index contributed by atoms with van der Waals surface area (Å²) in [6.07, 6.45) is 1.37. The van der Waals surface area contributed by atoms with Crippen LogP contribution in [0.1, 0.15) is 43.0 Å². The molecule has 1 heterocycles. The van der Waals surface area contributed by atoms with Crippen LogP contribution < -0.4 is 5.32 Å². The van der Waals surface area contributed by atoms with Gasteiger partial charge in [-0.3, -0.25) is 9.59 Å². The number of hydrogen-bond donors (Lipinski definition) is 1. The maximum atomic E-state index is 13.9. The lowest BCUT2D eigenvalue weighted by atomic mass is 10.0. The van der Waals surface area contributed by atoms with Gasteiger partial charge in [-0.05, 0) is 66.6 Å². The van der Waals surface area contributed by atoms with E-state index in [1.165, 1.54) is 12.1 Å². The maximum absolute atomic E-state index is 13.9. The number of aromatic nitrogens is 3. The number of carbonyl (C=O) groups excluding carboxylic acids is 2. The van der Waals surface area contributed by atoms with Crippen LogP contribution in [0.5, 0.6) is 0 Å². The third kappa shape index (κ3) is 6.62. The molecule has 3 aromatic carbocycles. The lowest BCUT2D eigenvalue weighted by Gasteiger charge is -2.32. The van der Waals surface area contributed by atoms with Gasteiger partial charge < -0.3 is 10.2 Å². The molecule has 0 aliphatic rings.